The number of para-hydroxylation sites is 2. The van der Waals surface area contributed by atoms with E-state index in [9.17, 15) is 9.59 Å². The van der Waals surface area contributed by atoms with Gasteiger partial charge in [-0.3, -0.25) is 0 Å². The molecule has 0 aliphatic carbocycles. The normalized spacial score (nSPS) is 14.9. The fourth-order valence-corrected chi connectivity index (χ4v) is 3.57. The van der Waals surface area contributed by atoms with Gasteiger partial charge in [0.05, 0.1) is 17.6 Å². The molecular formula is C20H29N5O3. The number of aryl methyl sites for hydroxylation is 2. The van der Waals surface area contributed by atoms with E-state index in [0.29, 0.717) is 26.2 Å². The highest BCUT2D eigenvalue weighted by Gasteiger charge is 2.24. The van der Waals surface area contributed by atoms with Gasteiger partial charge in [0.25, 0.3) is 0 Å². The standard InChI is InChI=1S/C20H29N5O3/c1-3-28-20(27)24-13-9-16(10-14-24)23-19(26)21-11-6-12-25-15(2)22-17-7-4-5-8-18(17)25/h4-5,7-8,16H,3,6,9-14H2,1-2H3,(H2,21,23,26). The van der Waals surface area contributed by atoms with Crippen LogP contribution in [0.1, 0.15) is 32.0 Å². The Kier molecular flexibility index (Phi) is 6.73. The molecule has 8 nitrogen and oxygen atoms in total. The smallest absolute Gasteiger partial charge is 0.409 e. The third-order valence-corrected chi connectivity index (χ3v) is 5.05. The molecule has 8 heteroatoms. The maximum absolute atomic E-state index is 12.1. The molecule has 1 aromatic carbocycles. The molecule has 0 saturated carbocycles. The third kappa shape index (κ3) is 4.94. The van der Waals surface area contributed by atoms with E-state index in [0.717, 1.165) is 42.7 Å². The molecule has 3 amide bonds. The molecule has 2 aromatic rings. The Morgan fingerprint density at radius 1 is 1.25 bits per heavy atom. The predicted octanol–water partition coefficient (Wildman–Crippen LogP) is 2.65. The lowest BCUT2D eigenvalue weighted by Crippen LogP contribution is -2.49. The van der Waals surface area contributed by atoms with Crippen LogP contribution in [0.2, 0.25) is 0 Å². The van der Waals surface area contributed by atoms with E-state index in [1.807, 2.05) is 25.1 Å². The van der Waals surface area contributed by atoms with Gasteiger partial charge < -0.3 is 24.8 Å². The number of amides is 3. The zero-order valence-corrected chi connectivity index (χ0v) is 16.6. The number of rotatable bonds is 6. The van der Waals surface area contributed by atoms with Crippen molar-refractivity contribution in [1.29, 1.82) is 0 Å². The minimum absolute atomic E-state index is 0.0884. The number of urea groups is 1. The van der Waals surface area contributed by atoms with E-state index in [1.165, 1.54) is 0 Å². The minimum Gasteiger partial charge on any atom is -0.450 e. The number of nitrogens with zero attached hydrogens (tertiary/aromatic N) is 3. The second-order valence-corrected chi connectivity index (χ2v) is 7.01. The van der Waals surface area contributed by atoms with Crippen LogP contribution in [0.25, 0.3) is 11.0 Å². The summed E-state index contributed by atoms with van der Waals surface area (Å²) in [6, 6.07) is 8.02. The summed E-state index contributed by atoms with van der Waals surface area (Å²) in [7, 11) is 0. The molecule has 0 unspecified atom stereocenters. The first-order valence-corrected chi connectivity index (χ1v) is 9.96. The fraction of sp³-hybridized carbons (Fsp3) is 0.550. The number of ether oxygens (including phenoxy) is 1. The van der Waals surface area contributed by atoms with E-state index in [1.54, 1.807) is 11.8 Å². The molecule has 3 rings (SSSR count). The average molecular weight is 387 g/mol. The first kappa shape index (κ1) is 20.0. The Balaban J connectivity index is 1.36. The van der Waals surface area contributed by atoms with E-state index in [-0.39, 0.29) is 18.2 Å². The lowest BCUT2D eigenvalue weighted by atomic mass is 10.1. The van der Waals surface area contributed by atoms with Crippen molar-refractivity contribution < 1.29 is 14.3 Å². The number of aromatic nitrogens is 2. The molecule has 2 N–H and O–H groups in total. The summed E-state index contributed by atoms with van der Waals surface area (Å²) in [5.74, 6) is 0.985. The van der Waals surface area contributed by atoms with Crippen LogP contribution in [0, 0.1) is 6.92 Å². The number of carbonyl (C=O) groups excluding carboxylic acids is 2. The number of likely N-dealkylation sites (tertiary alicyclic amines) is 1. The lowest BCUT2D eigenvalue weighted by molar-refractivity contribution is 0.0957. The molecule has 0 radical (unpaired) electrons. The number of hydrogen-bond acceptors (Lipinski definition) is 4. The maximum atomic E-state index is 12.1. The molecule has 1 aliphatic heterocycles. The summed E-state index contributed by atoms with van der Waals surface area (Å²) >= 11 is 0. The average Bonchev–Trinajstić information content (AvgIpc) is 3.01. The van der Waals surface area contributed by atoms with Gasteiger partial charge in [-0.2, -0.15) is 0 Å². The Morgan fingerprint density at radius 3 is 2.75 bits per heavy atom. The van der Waals surface area contributed by atoms with Gasteiger partial charge in [0.2, 0.25) is 0 Å². The maximum Gasteiger partial charge on any atom is 0.409 e. The highest BCUT2D eigenvalue weighted by atomic mass is 16.6. The van der Waals surface area contributed by atoms with E-state index in [2.05, 4.69) is 26.3 Å². The van der Waals surface area contributed by atoms with Gasteiger partial charge in [0, 0.05) is 32.2 Å². The van der Waals surface area contributed by atoms with Crippen LogP contribution < -0.4 is 10.6 Å². The molecule has 1 fully saturated rings. The molecule has 1 aromatic heterocycles. The van der Waals surface area contributed by atoms with Gasteiger partial charge in [-0.1, -0.05) is 12.1 Å². The van der Waals surface area contributed by atoms with Crippen LogP contribution in [-0.4, -0.2) is 58.9 Å². The summed E-state index contributed by atoms with van der Waals surface area (Å²) in [5.41, 5.74) is 2.12. The highest BCUT2D eigenvalue weighted by molar-refractivity contribution is 5.76. The summed E-state index contributed by atoms with van der Waals surface area (Å²) < 4.78 is 7.19. The molecule has 1 saturated heterocycles. The van der Waals surface area contributed by atoms with E-state index >= 15 is 0 Å². The minimum atomic E-state index is -0.271. The number of carbonyl (C=O) groups is 2. The number of hydrogen-bond donors (Lipinski definition) is 2. The third-order valence-electron chi connectivity index (χ3n) is 5.05. The summed E-state index contributed by atoms with van der Waals surface area (Å²) in [6.45, 7) is 6.81. The van der Waals surface area contributed by atoms with Crippen LogP contribution >= 0.6 is 0 Å². The number of piperidine rings is 1. The van der Waals surface area contributed by atoms with Crippen LogP contribution in [-0.2, 0) is 11.3 Å². The van der Waals surface area contributed by atoms with Gasteiger partial charge >= 0.3 is 12.1 Å². The van der Waals surface area contributed by atoms with Crippen molar-refractivity contribution in [3.63, 3.8) is 0 Å². The van der Waals surface area contributed by atoms with Crippen LogP contribution in [0.15, 0.2) is 24.3 Å². The van der Waals surface area contributed by atoms with Gasteiger partial charge in [-0.05, 0) is 45.2 Å². The first-order valence-electron chi connectivity index (χ1n) is 9.96. The molecule has 2 heterocycles. The van der Waals surface area contributed by atoms with Crippen molar-refractivity contribution in [2.24, 2.45) is 0 Å². The van der Waals surface area contributed by atoms with Crippen molar-refractivity contribution in [1.82, 2.24) is 25.1 Å². The van der Waals surface area contributed by atoms with Gasteiger partial charge in [0.1, 0.15) is 5.82 Å². The largest absolute Gasteiger partial charge is 0.450 e. The highest BCUT2D eigenvalue weighted by Crippen LogP contribution is 2.15. The van der Waals surface area contributed by atoms with E-state index < -0.39 is 0 Å². The molecule has 0 spiro atoms. The topological polar surface area (TPSA) is 88.5 Å². The molecule has 152 valence electrons. The number of fused-ring (bicyclic) bond motifs is 1. The van der Waals surface area contributed by atoms with Crippen molar-refractivity contribution in [3.8, 4) is 0 Å². The molecule has 0 atom stereocenters. The lowest BCUT2D eigenvalue weighted by Gasteiger charge is -2.31. The molecule has 1 aliphatic rings. The molecular weight excluding hydrogens is 358 g/mol. The Labute approximate surface area is 165 Å². The molecule has 28 heavy (non-hydrogen) atoms. The second kappa shape index (κ2) is 9.43. The van der Waals surface area contributed by atoms with E-state index in [4.69, 9.17) is 4.74 Å². The van der Waals surface area contributed by atoms with Gasteiger partial charge in [-0.25, -0.2) is 14.6 Å². The van der Waals surface area contributed by atoms with Crippen molar-refractivity contribution in [2.45, 2.75) is 45.7 Å². The Morgan fingerprint density at radius 2 is 2.00 bits per heavy atom. The Hall–Kier alpha value is -2.77. The zero-order chi connectivity index (χ0) is 19.9. The summed E-state index contributed by atoms with van der Waals surface area (Å²) in [5, 5.41) is 5.92. The van der Waals surface area contributed by atoms with Gasteiger partial charge in [0.15, 0.2) is 0 Å². The van der Waals surface area contributed by atoms with Crippen molar-refractivity contribution >= 4 is 23.2 Å². The van der Waals surface area contributed by atoms with Gasteiger partial charge in [-0.15, -0.1) is 0 Å². The predicted molar refractivity (Wildman–Crippen MR) is 107 cm³/mol. The van der Waals surface area contributed by atoms with Crippen molar-refractivity contribution in [2.75, 3.05) is 26.2 Å². The number of imidazole rings is 1. The zero-order valence-electron chi connectivity index (χ0n) is 16.6. The molecule has 0 bridgehead atoms. The summed E-state index contributed by atoms with van der Waals surface area (Å²) in [4.78, 5) is 30.1. The van der Waals surface area contributed by atoms with Crippen LogP contribution in [0.4, 0.5) is 9.59 Å². The second-order valence-electron chi connectivity index (χ2n) is 7.01. The first-order chi connectivity index (χ1) is 13.6. The van der Waals surface area contributed by atoms with Crippen LogP contribution in [0.3, 0.4) is 0 Å². The fourth-order valence-electron chi connectivity index (χ4n) is 3.57. The SMILES string of the molecule is CCOC(=O)N1CCC(NC(=O)NCCCn2c(C)nc3ccccc32)CC1. The van der Waals surface area contributed by atoms with Crippen molar-refractivity contribution in [3.05, 3.63) is 30.1 Å². The van der Waals surface area contributed by atoms with Crippen LogP contribution in [0.5, 0.6) is 0 Å². The monoisotopic (exact) mass is 387 g/mol. The number of nitrogens with one attached hydrogen (secondary N) is 2. The number of benzene rings is 1. The quantitative estimate of drug-likeness (QED) is 0.746. The Bertz CT molecular complexity index is 811. The summed E-state index contributed by atoms with van der Waals surface area (Å²) in [6.07, 6.45) is 2.04.